The number of fused-ring (bicyclic) bond motifs is 1. The van der Waals surface area contributed by atoms with E-state index in [1.807, 2.05) is 13.8 Å². The molecule has 2 nitrogen and oxygen atoms in total. The van der Waals surface area contributed by atoms with Crippen LogP contribution in [0, 0.1) is 22.7 Å². The Balaban J connectivity index is 2.31. The molecule has 0 radical (unpaired) electrons. The molecule has 0 heterocycles. The van der Waals surface area contributed by atoms with Gasteiger partial charge in [0.1, 0.15) is 0 Å². The van der Waals surface area contributed by atoms with E-state index in [4.69, 9.17) is 0 Å². The third kappa shape index (κ3) is 3.43. The summed E-state index contributed by atoms with van der Waals surface area (Å²) in [5.41, 5.74) is -1.12. The molecule has 0 aromatic carbocycles. The maximum Gasteiger partial charge on any atom is 0.0797 e. The van der Waals surface area contributed by atoms with Gasteiger partial charge in [0, 0.05) is 4.83 Å². The maximum absolute atomic E-state index is 11.1. The molecule has 0 bridgehead atoms. The van der Waals surface area contributed by atoms with E-state index in [1.54, 1.807) is 6.08 Å². The molecule has 0 aliphatic heterocycles. The highest BCUT2D eigenvalue weighted by molar-refractivity contribution is 9.09. The lowest BCUT2D eigenvalue weighted by Gasteiger charge is -2.62. The van der Waals surface area contributed by atoms with Crippen molar-refractivity contribution in [3.05, 3.63) is 12.7 Å². The first kappa shape index (κ1) is 19.5. The Morgan fingerprint density at radius 1 is 1.22 bits per heavy atom. The predicted octanol–water partition coefficient (Wildman–Crippen LogP) is 5.07. The summed E-state index contributed by atoms with van der Waals surface area (Å²) in [6.07, 6.45) is 7.40. The fourth-order valence-electron chi connectivity index (χ4n) is 5.67. The summed E-state index contributed by atoms with van der Waals surface area (Å²) in [7, 11) is 0. The molecule has 2 fully saturated rings. The van der Waals surface area contributed by atoms with Gasteiger partial charge in [0.25, 0.3) is 0 Å². The normalized spacial score (nSPS) is 45.8. The Labute approximate surface area is 150 Å². The molecule has 0 unspecified atom stereocenters. The molecular weight excluding hydrogens is 352 g/mol. The van der Waals surface area contributed by atoms with Gasteiger partial charge in [-0.2, -0.15) is 0 Å². The minimum absolute atomic E-state index is 0.132. The minimum Gasteiger partial charge on any atom is -0.390 e. The quantitative estimate of drug-likeness (QED) is 0.522. The van der Waals surface area contributed by atoms with Crippen molar-refractivity contribution in [1.29, 1.82) is 0 Å². The molecule has 2 aliphatic rings. The van der Waals surface area contributed by atoms with Crippen LogP contribution in [0.2, 0.25) is 0 Å². The van der Waals surface area contributed by atoms with Gasteiger partial charge in [-0.25, -0.2) is 0 Å². The zero-order chi connectivity index (χ0) is 17.7. The molecule has 2 N–H and O–H groups in total. The lowest BCUT2D eigenvalue weighted by atomic mass is 9.45. The molecule has 23 heavy (non-hydrogen) atoms. The summed E-state index contributed by atoms with van der Waals surface area (Å²) in [4.78, 5) is 0.549. The molecule has 0 aromatic heterocycles. The van der Waals surface area contributed by atoms with Gasteiger partial charge in [0.05, 0.1) is 11.2 Å². The number of rotatable bonds is 4. The first-order valence-electron chi connectivity index (χ1n) is 9.09. The summed E-state index contributed by atoms with van der Waals surface area (Å²) in [5, 5.41) is 21.5. The van der Waals surface area contributed by atoms with E-state index in [-0.39, 0.29) is 16.7 Å². The lowest BCUT2D eigenvalue weighted by Crippen LogP contribution is -2.59. The second kappa shape index (κ2) is 6.14. The molecule has 2 saturated carbocycles. The van der Waals surface area contributed by atoms with Gasteiger partial charge >= 0.3 is 0 Å². The first-order chi connectivity index (χ1) is 10.4. The predicted molar refractivity (Wildman–Crippen MR) is 101 cm³/mol. The molecule has 134 valence electrons. The summed E-state index contributed by atoms with van der Waals surface area (Å²) >= 11 is 3.91. The van der Waals surface area contributed by atoms with Crippen molar-refractivity contribution in [2.24, 2.45) is 22.7 Å². The van der Waals surface area contributed by atoms with E-state index in [0.717, 1.165) is 32.1 Å². The fourth-order valence-corrected chi connectivity index (χ4v) is 6.22. The van der Waals surface area contributed by atoms with E-state index in [2.05, 4.69) is 43.3 Å². The van der Waals surface area contributed by atoms with Crippen molar-refractivity contribution < 1.29 is 10.2 Å². The van der Waals surface area contributed by atoms with Gasteiger partial charge in [0.2, 0.25) is 0 Å². The van der Waals surface area contributed by atoms with Crippen LogP contribution in [0.25, 0.3) is 0 Å². The molecule has 3 heteroatoms. The summed E-state index contributed by atoms with van der Waals surface area (Å²) in [6.45, 7) is 14.7. The van der Waals surface area contributed by atoms with Crippen molar-refractivity contribution in [1.82, 2.24) is 0 Å². The largest absolute Gasteiger partial charge is 0.390 e. The van der Waals surface area contributed by atoms with Crippen molar-refractivity contribution in [2.45, 2.75) is 89.2 Å². The second-order valence-electron chi connectivity index (χ2n) is 9.43. The van der Waals surface area contributed by atoms with Crippen LogP contribution < -0.4 is 0 Å². The maximum atomic E-state index is 11.1. The van der Waals surface area contributed by atoms with Crippen molar-refractivity contribution in [3.8, 4) is 0 Å². The average Bonchev–Trinajstić information content (AvgIpc) is 2.42. The van der Waals surface area contributed by atoms with E-state index < -0.39 is 11.2 Å². The molecule has 2 aliphatic carbocycles. The van der Waals surface area contributed by atoms with E-state index in [1.165, 1.54) is 0 Å². The lowest BCUT2D eigenvalue weighted by molar-refractivity contribution is -0.169. The first-order valence-corrected chi connectivity index (χ1v) is 10.0. The number of alkyl halides is 1. The molecule has 0 aromatic rings. The number of hydrogen-bond acceptors (Lipinski definition) is 2. The average molecular weight is 387 g/mol. The topological polar surface area (TPSA) is 40.5 Å². The van der Waals surface area contributed by atoms with Gasteiger partial charge in [-0.05, 0) is 75.0 Å². The SMILES string of the molecule is C=C[C@@](C)(O)CC[C@@H]1[C@@]2(C)CC[C@H](Br)C(C)(C)[C@@H]2CC[C@@]1(C)O. The van der Waals surface area contributed by atoms with Crippen LogP contribution in [0.15, 0.2) is 12.7 Å². The van der Waals surface area contributed by atoms with Crippen LogP contribution in [0.5, 0.6) is 0 Å². The highest BCUT2D eigenvalue weighted by Gasteiger charge is 2.59. The van der Waals surface area contributed by atoms with Crippen LogP contribution in [0.4, 0.5) is 0 Å². The molecule has 2 rings (SSSR count). The molecular formula is C20H35BrO2. The summed E-state index contributed by atoms with van der Waals surface area (Å²) in [5.74, 6) is 0.825. The molecule has 0 amide bonds. The van der Waals surface area contributed by atoms with Crippen LogP contribution >= 0.6 is 15.9 Å². The van der Waals surface area contributed by atoms with Crippen molar-refractivity contribution in [3.63, 3.8) is 0 Å². The van der Waals surface area contributed by atoms with Gasteiger partial charge in [-0.15, -0.1) is 6.58 Å². The standard InChI is InChI=1S/C20H35BrO2/c1-7-18(4,22)11-8-15-19(5)12-10-16(21)17(2,3)14(19)9-13-20(15,6)23/h7,14-16,22-23H,1,8-13H2,2-6H3/t14-,15+,16-,18+,19-,20+/m0/s1. The van der Waals surface area contributed by atoms with Crippen molar-refractivity contribution >= 4 is 15.9 Å². The van der Waals surface area contributed by atoms with E-state index in [0.29, 0.717) is 17.2 Å². The number of hydrogen-bond donors (Lipinski definition) is 2. The molecule has 0 spiro atoms. The molecule has 6 atom stereocenters. The Morgan fingerprint density at radius 3 is 2.39 bits per heavy atom. The van der Waals surface area contributed by atoms with Crippen LogP contribution in [0.1, 0.15) is 73.1 Å². The van der Waals surface area contributed by atoms with Crippen molar-refractivity contribution in [2.75, 3.05) is 0 Å². The van der Waals surface area contributed by atoms with Crippen LogP contribution in [-0.4, -0.2) is 26.2 Å². The van der Waals surface area contributed by atoms with Crippen LogP contribution in [-0.2, 0) is 0 Å². The van der Waals surface area contributed by atoms with Gasteiger partial charge < -0.3 is 10.2 Å². The third-order valence-electron chi connectivity index (χ3n) is 7.30. The summed E-state index contributed by atoms with van der Waals surface area (Å²) in [6, 6.07) is 0. The Morgan fingerprint density at radius 2 is 1.83 bits per heavy atom. The Hall–Kier alpha value is 0.140. The fraction of sp³-hybridized carbons (Fsp3) is 0.900. The second-order valence-corrected chi connectivity index (χ2v) is 10.5. The van der Waals surface area contributed by atoms with E-state index >= 15 is 0 Å². The van der Waals surface area contributed by atoms with E-state index in [9.17, 15) is 10.2 Å². The zero-order valence-corrected chi connectivity index (χ0v) is 17.1. The highest BCUT2D eigenvalue weighted by atomic mass is 79.9. The number of halogens is 1. The Bertz CT molecular complexity index is 455. The van der Waals surface area contributed by atoms with Gasteiger partial charge in [-0.1, -0.05) is 42.8 Å². The Kier molecular flexibility index (Phi) is 5.20. The smallest absolute Gasteiger partial charge is 0.0797 e. The highest BCUT2D eigenvalue weighted by Crippen LogP contribution is 2.64. The zero-order valence-electron chi connectivity index (χ0n) is 15.5. The summed E-state index contributed by atoms with van der Waals surface area (Å²) < 4.78 is 0. The third-order valence-corrected chi connectivity index (χ3v) is 8.94. The monoisotopic (exact) mass is 386 g/mol. The van der Waals surface area contributed by atoms with Gasteiger partial charge in [-0.3, -0.25) is 0 Å². The molecule has 0 saturated heterocycles. The van der Waals surface area contributed by atoms with Gasteiger partial charge in [0.15, 0.2) is 0 Å². The number of aliphatic hydroxyl groups is 2. The minimum atomic E-state index is -0.846. The van der Waals surface area contributed by atoms with Crippen LogP contribution in [0.3, 0.4) is 0 Å².